The Morgan fingerprint density at radius 1 is 1.33 bits per heavy atom. The molecule has 0 saturated heterocycles. The summed E-state index contributed by atoms with van der Waals surface area (Å²) in [6.07, 6.45) is -0.530. The summed E-state index contributed by atoms with van der Waals surface area (Å²) in [5.41, 5.74) is 7.27. The monoisotopic (exact) mass is 320 g/mol. The number of aliphatic hydroxyl groups excluding tert-OH is 1. The van der Waals surface area contributed by atoms with Crippen LogP contribution in [-0.2, 0) is 0 Å². The van der Waals surface area contributed by atoms with E-state index in [-0.39, 0.29) is 6.04 Å². The SMILES string of the molecule is CC(c1cccs1)N(C)CC(O)c1ccc(C(N)=S)cc1. The lowest BCUT2D eigenvalue weighted by atomic mass is 10.1. The van der Waals surface area contributed by atoms with E-state index in [4.69, 9.17) is 18.0 Å². The van der Waals surface area contributed by atoms with Crippen LogP contribution >= 0.6 is 23.6 Å². The number of aliphatic hydroxyl groups is 1. The predicted molar refractivity (Wildman–Crippen MR) is 92.7 cm³/mol. The molecule has 0 spiro atoms. The van der Waals surface area contributed by atoms with Crippen molar-refractivity contribution >= 4 is 28.5 Å². The summed E-state index contributed by atoms with van der Waals surface area (Å²) in [6, 6.07) is 11.9. The van der Waals surface area contributed by atoms with Gasteiger partial charge in [-0.1, -0.05) is 42.5 Å². The number of thiophene rings is 1. The highest BCUT2D eigenvalue weighted by Gasteiger charge is 2.17. The highest BCUT2D eigenvalue weighted by molar-refractivity contribution is 7.80. The normalized spacial score (nSPS) is 14.1. The summed E-state index contributed by atoms with van der Waals surface area (Å²) in [7, 11) is 2.02. The van der Waals surface area contributed by atoms with Crippen LogP contribution < -0.4 is 5.73 Å². The van der Waals surface area contributed by atoms with Crippen molar-refractivity contribution in [2.24, 2.45) is 5.73 Å². The van der Waals surface area contributed by atoms with E-state index < -0.39 is 6.10 Å². The molecule has 112 valence electrons. The Kier molecular flexibility index (Phi) is 5.47. The Morgan fingerprint density at radius 2 is 2.00 bits per heavy atom. The lowest BCUT2D eigenvalue weighted by molar-refractivity contribution is 0.109. The molecule has 0 radical (unpaired) electrons. The highest BCUT2D eigenvalue weighted by atomic mass is 32.1. The third-order valence-corrected chi connectivity index (χ3v) is 4.94. The summed E-state index contributed by atoms with van der Waals surface area (Å²) in [5.74, 6) is 0. The molecule has 0 fully saturated rings. The van der Waals surface area contributed by atoms with Crippen molar-refractivity contribution in [1.29, 1.82) is 0 Å². The number of benzene rings is 1. The van der Waals surface area contributed by atoms with Gasteiger partial charge in [-0.05, 0) is 31.0 Å². The molecule has 3 nitrogen and oxygen atoms in total. The number of hydrogen-bond donors (Lipinski definition) is 2. The van der Waals surface area contributed by atoms with Crippen LogP contribution in [-0.4, -0.2) is 28.6 Å². The van der Waals surface area contributed by atoms with Gasteiger partial charge < -0.3 is 10.8 Å². The topological polar surface area (TPSA) is 49.5 Å². The van der Waals surface area contributed by atoms with E-state index in [9.17, 15) is 5.11 Å². The molecular formula is C16H20N2OS2. The van der Waals surface area contributed by atoms with Crippen molar-refractivity contribution in [3.05, 3.63) is 57.8 Å². The Hall–Kier alpha value is -1.27. The molecule has 1 aromatic heterocycles. The Bertz CT molecular complexity index is 581. The zero-order valence-electron chi connectivity index (χ0n) is 12.2. The third kappa shape index (κ3) is 4.11. The minimum atomic E-state index is -0.530. The van der Waals surface area contributed by atoms with Crippen molar-refractivity contribution in [2.45, 2.75) is 19.1 Å². The third-order valence-electron chi connectivity index (χ3n) is 3.66. The molecule has 2 atom stereocenters. The van der Waals surface area contributed by atoms with Crippen molar-refractivity contribution in [3.63, 3.8) is 0 Å². The first-order chi connectivity index (χ1) is 9.99. The van der Waals surface area contributed by atoms with Gasteiger partial charge in [0.2, 0.25) is 0 Å². The first-order valence-electron chi connectivity index (χ1n) is 6.80. The summed E-state index contributed by atoms with van der Waals surface area (Å²) >= 11 is 6.66. The fourth-order valence-electron chi connectivity index (χ4n) is 2.15. The molecular weight excluding hydrogens is 300 g/mol. The van der Waals surface area contributed by atoms with E-state index >= 15 is 0 Å². The van der Waals surface area contributed by atoms with Crippen LogP contribution in [0.5, 0.6) is 0 Å². The fraction of sp³-hybridized carbons (Fsp3) is 0.312. The number of nitrogens with zero attached hydrogens (tertiary/aromatic N) is 1. The van der Waals surface area contributed by atoms with E-state index in [1.165, 1.54) is 4.88 Å². The largest absolute Gasteiger partial charge is 0.389 e. The number of likely N-dealkylation sites (N-methyl/N-ethyl adjacent to an activating group) is 1. The molecule has 2 aromatic rings. The molecule has 0 aliphatic rings. The molecule has 3 N–H and O–H groups in total. The predicted octanol–water partition coefficient (Wildman–Crippen LogP) is 3.11. The lowest BCUT2D eigenvalue weighted by Gasteiger charge is -2.26. The maximum Gasteiger partial charge on any atom is 0.103 e. The maximum atomic E-state index is 10.4. The first kappa shape index (κ1) is 16.1. The molecule has 0 amide bonds. The van der Waals surface area contributed by atoms with E-state index in [2.05, 4.69) is 29.3 Å². The van der Waals surface area contributed by atoms with Crippen LogP contribution in [0.3, 0.4) is 0 Å². The zero-order chi connectivity index (χ0) is 15.4. The van der Waals surface area contributed by atoms with Crippen molar-refractivity contribution < 1.29 is 5.11 Å². The molecule has 0 bridgehead atoms. The molecule has 21 heavy (non-hydrogen) atoms. The number of nitrogens with two attached hydrogens (primary N) is 1. The quantitative estimate of drug-likeness (QED) is 0.803. The van der Waals surface area contributed by atoms with Crippen LogP contribution in [0.1, 0.15) is 35.1 Å². The second-order valence-corrected chi connectivity index (χ2v) is 6.55. The number of thiocarbonyl (C=S) groups is 1. The Morgan fingerprint density at radius 3 is 2.52 bits per heavy atom. The average molecular weight is 320 g/mol. The smallest absolute Gasteiger partial charge is 0.103 e. The van der Waals surface area contributed by atoms with Gasteiger partial charge in [0.25, 0.3) is 0 Å². The molecule has 0 aliphatic heterocycles. The minimum Gasteiger partial charge on any atom is -0.389 e. The molecule has 1 heterocycles. The second kappa shape index (κ2) is 7.13. The van der Waals surface area contributed by atoms with Crippen molar-refractivity contribution in [3.8, 4) is 0 Å². The van der Waals surface area contributed by atoms with Crippen LogP contribution in [0.4, 0.5) is 0 Å². The van der Waals surface area contributed by atoms with E-state index in [0.29, 0.717) is 11.5 Å². The van der Waals surface area contributed by atoms with Crippen molar-refractivity contribution in [1.82, 2.24) is 4.90 Å². The molecule has 1 aromatic carbocycles. The van der Waals surface area contributed by atoms with Gasteiger partial charge >= 0.3 is 0 Å². The van der Waals surface area contributed by atoms with E-state index in [1.807, 2.05) is 31.3 Å². The van der Waals surface area contributed by atoms with E-state index in [1.54, 1.807) is 11.3 Å². The van der Waals surface area contributed by atoms with Crippen molar-refractivity contribution in [2.75, 3.05) is 13.6 Å². The van der Waals surface area contributed by atoms with Gasteiger partial charge in [0.05, 0.1) is 6.10 Å². The summed E-state index contributed by atoms with van der Waals surface area (Å²) < 4.78 is 0. The molecule has 2 unspecified atom stereocenters. The van der Waals surface area contributed by atoms with Crippen LogP contribution in [0.15, 0.2) is 41.8 Å². The molecule has 0 aliphatic carbocycles. The highest BCUT2D eigenvalue weighted by Crippen LogP contribution is 2.25. The summed E-state index contributed by atoms with van der Waals surface area (Å²) in [4.78, 5) is 3.82. The summed E-state index contributed by atoms with van der Waals surface area (Å²) in [5, 5.41) is 12.4. The van der Waals surface area contributed by atoms with Gasteiger partial charge in [-0.3, -0.25) is 4.90 Å². The maximum absolute atomic E-state index is 10.4. The minimum absolute atomic E-state index is 0.288. The van der Waals surface area contributed by atoms with Crippen LogP contribution in [0.25, 0.3) is 0 Å². The lowest BCUT2D eigenvalue weighted by Crippen LogP contribution is -2.27. The number of rotatable bonds is 6. The number of hydrogen-bond acceptors (Lipinski definition) is 4. The van der Waals surface area contributed by atoms with Gasteiger partial charge in [0.15, 0.2) is 0 Å². The van der Waals surface area contributed by atoms with Gasteiger partial charge in [0, 0.05) is 23.0 Å². The Balaban J connectivity index is 2.00. The first-order valence-corrected chi connectivity index (χ1v) is 8.09. The van der Waals surface area contributed by atoms with Crippen LogP contribution in [0, 0.1) is 0 Å². The molecule has 0 saturated carbocycles. The van der Waals surface area contributed by atoms with Crippen LogP contribution in [0.2, 0.25) is 0 Å². The van der Waals surface area contributed by atoms with Gasteiger partial charge in [-0.25, -0.2) is 0 Å². The fourth-order valence-corrected chi connectivity index (χ4v) is 3.14. The Labute approximate surface area is 135 Å². The molecule has 2 rings (SSSR count). The summed E-state index contributed by atoms with van der Waals surface area (Å²) in [6.45, 7) is 2.72. The zero-order valence-corrected chi connectivity index (χ0v) is 13.8. The van der Waals surface area contributed by atoms with Gasteiger partial charge in [0.1, 0.15) is 4.99 Å². The molecule has 5 heteroatoms. The standard InChI is InChI=1S/C16H20N2OS2/c1-11(15-4-3-9-21-15)18(2)10-14(19)12-5-7-13(8-6-12)16(17)20/h3-9,11,14,19H,10H2,1-2H3,(H2,17,20). The second-order valence-electron chi connectivity index (χ2n) is 5.13. The average Bonchev–Trinajstić information content (AvgIpc) is 3.00. The van der Waals surface area contributed by atoms with Gasteiger partial charge in [-0.2, -0.15) is 0 Å². The van der Waals surface area contributed by atoms with E-state index in [0.717, 1.165) is 11.1 Å². The van der Waals surface area contributed by atoms with Gasteiger partial charge in [-0.15, -0.1) is 11.3 Å².